The van der Waals surface area contributed by atoms with E-state index >= 15 is 0 Å². The van der Waals surface area contributed by atoms with Gasteiger partial charge in [-0.2, -0.15) is 0 Å². The molecule has 35 heavy (non-hydrogen) atoms. The van der Waals surface area contributed by atoms with E-state index < -0.39 is 10.0 Å². The molecule has 0 N–H and O–H groups in total. The first kappa shape index (κ1) is 24.6. The molecule has 0 saturated carbocycles. The third-order valence-electron chi connectivity index (χ3n) is 6.22. The van der Waals surface area contributed by atoms with E-state index in [-0.39, 0.29) is 17.3 Å². The molecule has 1 fully saturated rings. The lowest BCUT2D eigenvalue weighted by Crippen LogP contribution is -2.35. The molecule has 0 radical (unpaired) electrons. The number of para-hydroxylation sites is 1. The second kappa shape index (κ2) is 10.8. The van der Waals surface area contributed by atoms with Crippen LogP contribution in [0.15, 0.2) is 83.8 Å². The zero-order chi connectivity index (χ0) is 24.8. The minimum atomic E-state index is -3.80. The average molecular weight is 494 g/mol. The minimum Gasteiger partial charge on any atom is -0.497 e. The number of amides is 1. The summed E-state index contributed by atoms with van der Waals surface area (Å²) in [4.78, 5) is 17.5. The Kier molecular flexibility index (Phi) is 7.60. The maximum atomic E-state index is 13.4. The minimum absolute atomic E-state index is 0.115. The molecule has 1 aliphatic heterocycles. The zero-order valence-electron chi connectivity index (χ0n) is 20.1. The molecular weight excluding hydrogens is 462 g/mol. The standard InChI is InChI=1S/C27H31N3O4S/c1-3-30(24-10-5-4-6-11-24)35(32,33)26-12-7-9-22(21-26)27(31)29-18-8-17-28(19-20-29)23-13-15-25(34-2)16-14-23/h4-7,9-16,21H,3,8,17-20H2,1-2H3. The molecule has 1 aliphatic rings. The van der Waals surface area contributed by atoms with Gasteiger partial charge in [0, 0.05) is 44.0 Å². The van der Waals surface area contributed by atoms with Crippen molar-refractivity contribution in [2.45, 2.75) is 18.2 Å². The maximum Gasteiger partial charge on any atom is 0.264 e. The molecule has 0 aliphatic carbocycles. The Morgan fingerprint density at radius 3 is 2.34 bits per heavy atom. The van der Waals surface area contributed by atoms with Gasteiger partial charge >= 0.3 is 0 Å². The highest BCUT2D eigenvalue weighted by Crippen LogP contribution is 2.25. The van der Waals surface area contributed by atoms with Crippen LogP contribution in [0.2, 0.25) is 0 Å². The Bertz CT molecular complexity index is 1250. The van der Waals surface area contributed by atoms with E-state index in [0.717, 1.165) is 24.4 Å². The first-order chi connectivity index (χ1) is 16.9. The van der Waals surface area contributed by atoms with Gasteiger partial charge in [0.05, 0.1) is 17.7 Å². The Morgan fingerprint density at radius 1 is 0.914 bits per heavy atom. The van der Waals surface area contributed by atoms with Gasteiger partial charge < -0.3 is 14.5 Å². The van der Waals surface area contributed by atoms with Crippen molar-refractivity contribution in [1.82, 2.24) is 4.90 Å². The van der Waals surface area contributed by atoms with Crippen molar-refractivity contribution in [2.75, 3.05) is 49.0 Å². The molecule has 1 saturated heterocycles. The van der Waals surface area contributed by atoms with Crippen molar-refractivity contribution in [3.63, 3.8) is 0 Å². The van der Waals surface area contributed by atoms with Crippen molar-refractivity contribution in [3.8, 4) is 5.75 Å². The van der Waals surface area contributed by atoms with Crippen LogP contribution in [0.4, 0.5) is 11.4 Å². The van der Waals surface area contributed by atoms with E-state index in [1.165, 1.54) is 10.4 Å². The largest absolute Gasteiger partial charge is 0.497 e. The molecule has 0 aromatic heterocycles. The summed E-state index contributed by atoms with van der Waals surface area (Å²) in [6.45, 7) is 4.81. The summed E-state index contributed by atoms with van der Waals surface area (Å²) in [5.74, 6) is 0.658. The molecule has 0 atom stereocenters. The molecule has 4 rings (SSSR count). The van der Waals surface area contributed by atoms with Crippen LogP contribution in [0.5, 0.6) is 5.75 Å². The number of benzene rings is 3. The maximum absolute atomic E-state index is 13.4. The SMILES string of the molecule is CCN(c1ccccc1)S(=O)(=O)c1cccc(C(=O)N2CCCN(c3ccc(OC)cc3)CC2)c1. The van der Waals surface area contributed by atoms with E-state index in [4.69, 9.17) is 4.74 Å². The lowest BCUT2D eigenvalue weighted by atomic mass is 10.2. The van der Waals surface area contributed by atoms with Crippen LogP contribution in [0.25, 0.3) is 0 Å². The van der Waals surface area contributed by atoms with Crippen LogP contribution >= 0.6 is 0 Å². The predicted molar refractivity (Wildman–Crippen MR) is 139 cm³/mol. The number of hydrogen-bond donors (Lipinski definition) is 0. The zero-order valence-corrected chi connectivity index (χ0v) is 20.9. The summed E-state index contributed by atoms with van der Waals surface area (Å²) in [6.07, 6.45) is 0.827. The number of carbonyl (C=O) groups excluding carboxylic acids is 1. The highest BCUT2D eigenvalue weighted by atomic mass is 32.2. The summed E-state index contributed by atoms with van der Waals surface area (Å²) >= 11 is 0. The molecule has 0 unspecified atom stereocenters. The van der Waals surface area contributed by atoms with Crippen molar-refractivity contribution >= 4 is 27.3 Å². The van der Waals surface area contributed by atoms with Crippen LogP contribution in [-0.4, -0.2) is 59.1 Å². The number of carbonyl (C=O) groups is 1. The number of sulfonamides is 1. The number of nitrogens with zero attached hydrogens (tertiary/aromatic N) is 3. The summed E-state index contributed by atoms with van der Waals surface area (Å²) in [7, 11) is -2.16. The summed E-state index contributed by atoms with van der Waals surface area (Å²) < 4.78 is 33.4. The van der Waals surface area contributed by atoms with E-state index in [1.807, 2.05) is 47.4 Å². The fourth-order valence-electron chi connectivity index (χ4n) is 4.36. The number of hydrogen-bond acceptors (Lipinski definition) is 5. The molecule has 0 bridgehead atoms. The fraction of sp³-hybridized carbons (Fsp3) is 0.296. The van der Waals surface area contributed by atoms with E-state index in [1.54, 1.807) is 44.4 Å². The lowest BCUT2D eigenvalue weighted by molar-refractivity contribution is 0.0766. The Labute approximate surface area is 207 Å². The smallest absolute Gasteiger partial charge is 0.264 e. The predicted octanol–water partition coefficient (Wildman–Crippen LogP) is 4.26. The summed E-state index contributed by atoms with van der Waals surface area (Å²) in [5.41, 5.74) is 2.07. The number of ether oxygens (including phenoxy) is 1. The average Bonchev–Trinajstić information content (AvgIpc) is 3.16. The monoisotopic (exact) mass is 493 g/mol. The summed E-state index contributed by atoms with van der Waals surface area (Å²) in [5, 5.41) is 0. The second-order valence-electron chi connectivity index (χ2n) is 8.36. The van der Waals surface area contributed by atoms with Crippen LogP contribution in [0, 0.1) is 0 Å². The van der Waals surface area contributed by atoms with Gasteiger partial charge in [0.25, 0.3) is 15.9 Å². The number of rotatable bonds is 7. The van der Waals surface area contributed by atoms with Crippen LogP contribution in [0.3, 0.4) is 0 Å². The first-order valence-electron chi connectivity index (χ1n) is 11.8. The van der Waals surface area contributed by atoms with Crippen molar-refractivity contribution < 1.29 is 17.9 Å². The van der Waals surface area contributed by atoms with E-state index in [0.29, 0.717) is 30.9 Å². The van der Waals surface area contributed by atoms with Crippen molar-refractivity contribution in [2.24, 2.45) is 0 Å². The molecule has 0 spiro atoms. The molecule has 1 amide bonds. The van der Waals surface area contributed by atoms with Gasteiger partial charge in [0.1, 0.15) is 5.75 Å². The van der Waals surface area contributed by atoms with Crippen LogP contribution < -0.4 is 13.9 Å². The van der Waals surface area contributed by atoms with Gasteiger partial charge in [-0.1, -0.05) is 24.3 Å². The van der Waals surface area contributed by atoms with Crippen molar-refractivity contribution in [1.29, 1.82) is 0 Å². The van der Waals surface area contributed by atoms with Crippen molar-refractivity contribution in [3.05, 3.63) is 84.4 Å². The Morgan fingerprint density at radius 2 is 1.66 bits per heavy atom. The van der Waals surface area contributed by atoms with Gasteiger partial charge in [-0.25, -0.2) is 8.42 Å². The molecule has 8 heteroatoms. The number of anilines is 2. The topological polar surface area (TPSA) is 70.2 Å². The molecule has 3 aromatic rings. The second-order valence-corrected chi connectivity index (χ2v) is 10.2. The quantitative estimate of drug-likeness (QED) is 0.492. The van der Waals surface area contributed by atoms with Gasteiger partial charge in [0.15, 0.2) is 0 Å². The first-order valence-corrected chi connectivity index (χ1v) is 13.2. The van der Waals surface area contributed by atoms with Gasteiger partial charge in [0.2, 0.25) is 0 Å². The molecular formula is C27H31N3O4S. The Balaban J connectivity index is 1.50. The van der Waals surface area contributed by atoms with E-state index in [2.05, 4.69) is 4.90 Å². The van der Waals surface area contributed by atoms with Gasteiger partial charge in [-0.3, -0.25) is 9.10 Å². The Hall–Kier alpha value is -3.52. The van der Waals surface area contributed by atoms with E-state index in [9.17, 15) is 13.2 Å². The third-order valence-corrected chi connectivity index (χ3v) is 8.12. The molecule has 3 aromatic carbocycles. The third kappa shape index (κ3) is 5.43. The fourth-order valence-corrected chi connectivity index (χ4v) is 5.88. The van der Waals surface area contributed by atoms with Crippen LogP contribution in [0.1, 0.15) is 23.7 Å². The summed E-state index contributed by atoms with van der Waals surface area (Å²) in [6, 6.07) is 23.3. The molecule has 7 nitrogen and oxygen atoms in total. The normalized spacial score (nSPS) is 14.3. The van der Waals surface area contributed by atoms with Crippen LogP contribution in [-0.2, 0) is 10.0 Å². The van der Waals surface area contributed by atoms with Gasteiger partial charge in [-0.15, -0.1) is 0 Å². The molecule has 1 heterocycles. The van der Waals surface area contributed by atoms with Gasteiger partial charge in [-0.05, 0) is 67.9 Å². The lowest BCUT2D eigenvalue weighted by Gasteiger charge is -2.25. The number of methoxy groups -OCH3 is 1. The highest BCUT2D eigenvalue weighted by molar-refractivity contribution is 7.92. The highest BCUT2D eigenvalue weighted by Gasteiger charge is 2.26. The molecule has 184 valence electrons.